The summed E-state index contributed by atoms with van der Waals surface area (Å²) in [4.78, 5) is 16.9. The molecule has 0 saturated carbocycles. The maximum Gasteiger partial charge on any atom is 0.342 e. The van der Waals surface area contributed by atoms with Crippen LogP contribution in [0, 0.1) is 0 Å². The second-order valence-corrected chi connectivity index (χ2v) is 4.06. The highest BCUT2D eigenvalue weighted by atomic mass is 31.2. The number of hydrogen-bond acceptors (Lipinski definition) is 3. The van der Waals surface area contributed by atoms with Crippen LogP contribution < -0.4 is 5.32 Å². The zero-order valence-electron chi connectivity index (χ0n) is 5.85. The van der Waals surface area contributed by atoms with Gasteiger partial charge in [0.05, 0.1) is 0 Å². The monoisotopic (exact) mass is 169 g/mol. The maximum absolute atomic E-state index is 10.4. The second kappa shape index (κ2) is 3.46. The first-order chi connectivity index (χ1) is 4.34. The summed E-state index contributed by atoms with van der Waals surface area (Å²) in [5, 5.41) is 10.9. The summed E-state index contributed by atoms with van der Waals surface area (Å²) in [6.07, 6.45) is -0.900. The summed E-state index contributed by atoms with van der Waals surface area (Å²) >= 11 is 0. The van der Waals surface area contributed by atoms with E-state index in [9.17, 15) is 4.57 Å². The molecule has 62 valence electrons. The lowest BCUT2D eigenvalue weighted by atomic mass is 10.6. The van der Waals surface area contributed by atoms with Crippen molar-refractivity contribution in [2.75, 3.05) is 0 Å². The Bertz CT molecular complexity index is 142. The van der Waals surface area contributed by atoms with Crippen molar-refractivity contribution in [2.45, 2.75) is 25.9 Å². The molecule has 0 rings (SSSR count). The Morgan fingerprint density at radius 2 is 1.80 bits per heavy atom. The van der Waals surface area contributed by atoms with E-state index in [1.54, 1.807) is 0 Å². The molecular formula is C4H12NO4P. The molecule has 0 aliphatic rings. The Balaban J connectivity index is 3.86. The van der Waals surface area contributed by atoms with Crippen LogP contribution in [0.5, 0.6) is 0 Å². The normalized spacial score (nSPS) is 18.5. The molecule has 0 bridgehead atoms. The number of aliphatic hydroxyl groups is 1. The molecule has 0 amide bonds. The van der Waals surface area contributed by atoms with Crippen molar-refractivity contribution < 1.29 is 19.5 Å². The molecule has 0 heterocycles. The van der Waals surface area contributed by atoms with E-state index in [1.807, 2.05) is 0 Å². The van der Waals surface area contributed by atoms with Crippen LogP contribution in [-0.4, -0.2) is 26.9 Å². The number of hydrogen-bond donors (Lipinski definition) is 4. The van der Waals surface area contributed by atoms with E-state index < -0.39 is 19.6 Å². The highest BCUT2D eigenvalue weighted by Gasteiger charge is 2.23. The lowest BCUT2D eigenvalue weighted by Crippen LogP contribution is -2.33. The topological polar surface area (TPSA) is 89.8 Å². The minimum atomic E-state index is -4.08. The summed E-state index contributed by atoms with van der Waals surface area (Å²) in [5.41, 5.74) is 0. The largest absolute Gasteiger partial charge is 0.379 e. The van der Waals surface area contributed by atoms with Crippen molar-refractivity contribution in [1.82, 2.24) is 5.32 Å². The third-order valence-corrected chi connectivity index (χ3v) is 2.15. The lowest BCUT2D eigenvalue weighted by molar-refractivity contribution is 0.149. The summed E-state index contributed by atoms with van der Waals surface area (Å²) in [6, 6.07) is 0. The van der Waals surface area contributed by atoms with E-state index in [2.05, 4.69) is 5.32 Å². The maximum atomic E-state index is 10.4. The van der Waals surface area contributed by atoms with Crippen LogP contribution in [0.3, 0.4) is 0 Å². The van der Waals surface area contributed by atoms with Gasteiger partial charge in [-0.15, -0.1) is 0 Å². The van der Waals surface area contributed by atoms with Crippen molar-refractivity contribution in [2.24, 2.45) is 0 Å². The molecule has 0 fully saturated rings. The Hall–Kier alpha value is 0.0700. The molecule has 0 aliphatic carbocycles. The van der Waals surface area contributed by atoms with Crippen LogP contribution in [0.4, 0.5) is 0 Å². The number of nitrogens with one attached hydrogen (secondary N) is 1. The van der Waals surface area contributed by atoms with Gasteiger partial charge < -0.3 is 14.9 Å². The molecule has 0 spiro atoms. The predicted molar refractivity (Wildman–Crippen MR) is 36.3 cm³/mol. The molecule has 0 radical (unpaired) electrons. The zero-order chi connectivity index (χ0) is 8.36. The second-order valence-electron chi connectivity index (χ2n) is 2.11. The van der Waals surface area contributed by atoms with E-state index in [0.717, 1.165) is 0 Å². The molecule has 10 heavy (non-hydrogen) atoms. The van der Waals surface area contributed by atoms with Gasteiger partial charge in [-0.3, -0.25) is 9.88 Å². The fourth-order valence-electron chi connectivity index (χ4n) is 0.446. The van der Waals surface area contributed by atoms with Crippen LogP contribution in [-0.2, 0) is 4.57 Å². The molecule has 6 heteroatoms. The SMILES string of the molecule is CC(O)NC(C)P(=O)(O)O. The highest BCUT2D eigenvalue weighted by molar-refractivity contribution is 7.52. The average Bonchev–Trinajstić information content (AvgIpc) is 1.60. The van der Waals surface area contributed by atoms with Gasteiger partial charge in [-0.2, -0.15) is 0 Å². The van der Waals surface area contributed by atoms with Gasteiger partial charge in [0.2, 0.25) is 0 Å². The summed E-state index contributed by atoms with van der Waals surface area (Å²) in [6.45, 7) is 2.71. The number of aliphatic hydroxyl groups excluding tert-OH is 1. The third-order valence-electron chi connectivity index (χ3n) is 0.987. The Morgan fingerprint density at radius 3 is 1.90 bits per heavy atom. The van der Waals surface area contributed by atoms with Crippen LogP contribution in [0.2, 0.25) is 0 Å². The van der Waals surface area contributed by atoms with Crippen LogP contribution >= 0.6 is 7.60 Å². The van der Waals surface area contributed by atoms with Crippen LogP contribution in [0.25, 0.3) is 0 Å². The summed E-state index contributed by atoms with van der Waals surface area (Å²) < 4.78 is 10.4. The average molecular weight is 169 g/mol. The van der Waals surface area contributed by atoms with Gasteiger partial charge in [0, 0.05) is 0 Å². The summed E-state index contributed by atoms with van der Waals surface area (Å²) in [7, 11) is -4.08. The molecule has 5 nitrogen and oxygen atoms in total. The molecular weight excluding hydrogens is 157 g/mol. The first kappa shape index (κ1) is 10.1. The van der Waals surface area contributed by atoms with Crippen molar-refractivity contribution in [3.8, 4) is 0 Å². The predicted octanol–water partition coefficient (Wildman–Crippen LogP) is -0.562. The number of rotatable bonds is 3. The molecule has 0 aromatic heterocycles. The van der Waals surface area contributed by atoms with E-state index in [4.69, 9.17) is 14.9 Å². The smallest absolute Gasteiger partial charge is 0.342 e. The molecule has 0 aliphatic heterocycles. The van der Waals surface area contributed by atoms with Gasteiger partial charge in [0.25, 0.3) is 0 Å². The quantitative estimate of drug-likeness (QED) is 0.336. The fraction of sp³-hybridized carbons (Fsp3) is 1.00. The van der Waals surface area contributed by atoms with Gasteiger partial charge in [-0.05, 0) is 13.8 Å². The van der Waals surface area contributed by atoms with Crippen molar-refractivity contribution >= 4 is 7.60 Å². The Morgan fingerprint density at radius 1 is 1.40 bits per heavy atom. The van der Waals surface area contributed by atoms with Gasteiger partial charge in [0.1, 0.15) is 12.0 Å². The van der Waals surface area contributed by atoms with Crippen molar-refractivity contribution in [3.63, 3.8) is 0 Å². The van der Waals surface area contributed by atoms with Gasteiger partial charge in [-0.1, -0.05) is 0 Å². The van der Waals surface area contributed by atoms with Gasteiger partial charge >= 0.3 is 7.60 Å². The highest BCUT2D eigenvalue weighted by Crippen LogP contribution is 2.39. The molecule has 0 aromatic rings. The lowest BCUT2D eigenvalue weighted by Gasteiger charge is -2.16. The van der Waals surface area contributed by atoms with E-state index in [0.29, 0.717) is 0 Å². The zero-order valence-corrected chi connectivity index (χ0v) is 6.75. The Labute approximate surface area is 59.2 Å². The Kier molecular flexibility index (Phi) is 3.48. The van der Waals surface area contributed by atoms with E-state index in [1.165, 1.54) is 13.8 Å². The van der Waals surface area contributed by atoms with Crippen molar-refractivity contribution in [1.29, 1.82) is 0 Å². The molecule has 0 aromatic carbocycles. The third kappa shape index (κ3) is 3.98. The fourth-order valence-corrected chi connectivity index (χ4v) is 0.856. The molecule has 4 N–H and O–H groups in total. The molecule has 0 saturated heterocycles. The van der Waals surface area contributed by atoms with Gasteiger partial charge in [0.15, 0.2) is 0 Å². The van der Waals surface area contributed by atoms with E-state index in [-0.39, 0.29) is 0 Å². The van der Waals surface area contributed by atoms with Crippen molar-refractivity contribution in [3.05, 3.63) is 0 Å². The first-order valence-electron chi connectivity index (χ1n) is 2.83. The summed E-state index contributed by atoms with van der Waals surface area (Å²) in [5.74, 6) is -0.993. The minimum absolute atomic E-state index is 0.900. The van der Waals surface area contributed by atoms with Crippen LogP contribution in [0.1, 0.15) is 13.8 Å². The molecule has 2 atom stereocenters. The van der Waals surface area contributed by atoms with Crippen LogP contribution in [0.15, 0.2) is 0 Å². The first-order valence-corrected chi connectivity index (χ1v) is 4.51. The van der Waals surface area contributed by atoms with E-state index >= 15 is 0 Å². The standard InChI is InChI=1S/C4H12NO4P/c1-3(6)5-4(2)10(7,8)9/h3-6H,1-2H3,(H2,7,8,9). The molecule has 2 unspecified atom stereocenters. The minimum Gasteiger partial charge on any atom is -0.379 e. The van der Waals surface area contributed by atoms with Gasteiger partial charge in [-0.25, -0.2) is 0 Å².